The second-order valence-electron chi connectivity index (χ2n) is 4.77. The fourth-order valence-electron chi connectivity index (χ4n) is 2.54. The normalized spacial score (nSPS) is 22.5. The van der Waals surface area contributed by atoms with Crippen LogP contribution in [-0.2, 0) is 11.2 Å². The molecular weight excluding hydrogens is 249 g/mol. The number of halogens is 1. The van der Waals surface area contributed by atoms with Gasteiger partial charge in [-0.2, -0.15) is 0 Å². The Morgan fingerprint density at radius 1 is 1.58 bits per heavy atom. The van der Waals surface area contributed by atoms with Crippen LogP contribution in [0.3, 0.4) is 0 Å². The summed E-state index contributed by atoms with van der Waals surface area (Å²) in [6.45, 7) is 2.29. The van der Waals surface area contributed by atoms with Gasteiger partial charge in [-0.1, -0.05) is 6.92 Å². The lowest BCUT2D eigenvalue weighted by Crippen LogP contribution is -2.17. The van der Waals surface area contributed by atoms with Crippen molar-refractivity contribution in [1.29, 1.82) is 0 Å². The maximum atomic E-state index is 14.0. The van der Waals surface area contributed by atoms with E-state index < -0.39 is 11.9 Å². The predicted octanol–water partition coefficient (Wildman–Crippen LogP) is 2.13. The van der Waals surface area contributed by atoms with Crippen molar-refractivity contribution >= 4 is 5.97 Å². The Bertz CT molecular complexity index is 490. The first kappa shape index (κ1) is 13.8. The average molecular weight is 267 g/mol. The highest BCUT2D eigenvalue weighted by Crippen LogP contribution is 2.32. The Hall–Kier alpha value is -1.62. The molecule has 2 atom stereocenters. The van der Waals surface area contributed by atoms with Gasteiger partial charge in [0.25, 0.3) is 0 Å². The summed E-state index contributed by atoms with van der Waals surface area (Å²) in [5.74, 6) is -0.993. The van der Waals surface area contributed by atoms with Gasteiger partial charge in [0.15, 0.2) is 0 Å². The van der Waals surface area contributed by atoms with Gasteiger partial charge < -0.3 is 15.2 Å². The van der Waals surface area contributed by atoms with Crippen LogP contribution in [0.15, 0.2) is 12.1 Å². The summed E-state index contributed by atoms with van der Waals surface area (Å²) in [6, 6.07) is 3.14. The molecule has 2 N–H and O–H groups in total. The molecule has 2 unspecified atom stereocenters. The van der Waals surface area contributed by atoms with Crippen LogP contribution in [0.1, 0.15) is 30.5 Å². The van der Waals surface area contributed by atoms with Gasteiger partial charge >= 0.3 is 5.97 Å². The summed E-state index contributed by atoms with van der Waals surface area (Å²) in [4.78, 5) is 10.9. The van der Waals surface area contributed by atoms with Crippen molar-refractivity contribution in [1.82, 2.24) is 5.32 Å². The summed E-state index contributed by atoms with van der Waals surface area (Å²) < 4.78 is 19.2. The zero-order chi connectivity index (χ0) is 14.0. The highest BCUT2D eigenvalue weighted by atomic mass is 19.1. The Kier molecular flexibility index (Phi) is 4.04. The van der Waals surface area contributed by atoms with Gasteiger partial charge in [0.2, 0.25) is 0 Å². The summed E-state index contributed by atoms with van der Waals surface area (Å²) >= 11 is 0. The molecule has 104 valence electrons. The van der Waals surface area contributed by atoms with Gasteiger partial charge in [-0.25, -0.2) is 4.39 Å². The minimum atomic E-state index is -0.812. The van der Waals surface area contributed by atoms with E-state index in [0.717, 1.165) is 5.56 Å². The molecule has 0 saturated carbocycles. The molecule has 0 bridgehead atoms. The number of nitrogens with one attached hydrogen (secondary N) is 1. The highest BCUT2D eigenvalue weighted by molar-refractivity contribution is 5.70. The highest BCUT2D eigenvalue weighted by Gasteiger charge is 2.30. The number of rotatable bonds is 4. The molecule has 1 aromatic rings. The van der Waals surface area contributed by atoms with Crippen LogP contribution in [-0.4, -0.2) is 24.7 Å². The Labute approximate surface area is 111 Å². The zero-order valence-electron chi connectivity index (χ0n) is 11.1. The molecule has 1 heterocycles. The van der Waals surface area contributed by atoms with E-state index in [-0.39, 0.29) is 11.9 Å². The zero-order valence-corrected chi connectivity index (χ0v) is 11.1. The lowest BCUT2D eigenvalue weighted by Gasteiger charge is -2.15. The van der Waals surface area contributed by atoms with Crippen molar-refractivity contribution in [2.24, 2.45) is 5.92 Å². The first-order chi connectivity index (χ1) is 9.06. The number of benzene rings is 1. The van der Waals surface area contributed by atoms with Crippen LogP contribution in [0, 0.1) is 11.7 Å². The third kappa shape index (κ3) is 2.71. The van der Waals surface area contributed by atoms with E-state index in [1.165, 1.54) is 13.2 Å². The summed E-state index contributed by atoms with van der Waals surface area (Å²) in [6.07, 6.45) is 1.04. The number of aliphatic carboxylic acids is 1. The molecule has 1 aliphatic heterocycles. The van der Waals surface area contributed by atoms with Crippen LogP contribution in [0.25, 0.3) is 0 Å². The summed E-state index contributed by atoms with van der Waals surface area (Å²) in [7, 11) is 1.51. The first-order valence-electron chi connectivity index (χ1n) is 6.39. The summed E-state index contributed by atoms with van der Waals surface area (Å²) in [5.41, 5.74) is 1.30. The van der Waals surface area contributed by atoms with Gasteiger partial charge in [0.05, 0.1) is 13.0 Å². The Balaban J connectivity index is 2.27. The van der Waals surface area contributed by atoms with Gasteiger partial charge in [-0.15, -0.1) is 0 Å². The number of hydrogen-bond donors (Lipinski definition) is 2. The maximum absolute atomic E-state index is 14.0. The molecule has 0 aliphatic carbocycles. The third-order valence-electron chi connectivity index (χ3n) is 3.63. The number of ether oxygens (including phenoxy) is 1. The molecule has 5 heteroatoms. The molecule has 0 spiro atoms. The van der Waals surface area contributed by atoms with E-state index in [4.69, 9.17) is 9.84 Å². The molecule has 1 fully saturated rings. The largest absolute Gasteiger partial charge is 0.496 e. The van der Waals surface area contributed by atoms with Crippen LogP contribution >= 0.6 is 0 Å². The van der Waals surface area contributed by atoms with Crippen molar-refractivity contribution in [2.75, 3.05) is 13.7 Å². The van der Waals surface area contributed by atoms with Gasteiger partial charge in [0.1, 0.15) is 11.6 Å². The van der Waals surface area contributed by atoms with E-state index >= 15 is 0 Å². The second-order valence-corrected chi connectivity index (χ2v) is 4.77. The summed E-state index contributed by atoms with van der Waals surface area (Å²) in [5, 5.41) is 12.1. The molecule has 1 saturated heterocycles. The van der Waals surface area contributed by atoms with Crippen molar-refractivity contribution in [2.45, 2.75) is 25.8 Å². The molecule has 1 aromatic carbocycles. The van der Waals surface area contributed by atoms with Crippen LogP contribution in [0.5, 0.6) is 5.75 Å². The van der Waals surface area contributed by atoms with Crippen LogP contribution < -0.4 is 10.1 Å². The molecule has 0 aromatic heterocycles. The van der Waals surface area contributed by atoms with Crippen molar-refractivity contribution < 1.29 is 19.0 Å². The smallest absolute Gasteiger partial charge is 0.307 e. The third-order valence-corrected chi connectivity index (χ3v) is 3.63. The van der Waals surface area contributed by atoms with E-state index in [2.05, 4.69) is 5.32 Å². The van der Waals surface area contributed by atoms with E-state index in [1.54, 1.807) is 6.07 Å². The molecule has 19 heavy (non-hydrogen) atoms. The maximum Gasteiger partial charge on any atom is 0.307 e. The van der Waals surface area contributed by atoms with Crippen LogP contribution in [0.2, 0.25) is 0 Å². The monoisotopic (exact) mass is 267 g/mol. The predicted molar refractivity (Wildman–Crippen MR) is 68.8 cm³/mol. The lowest BCUT2D eigenvalue weighted by molar-refractivity contribution is -0.141. The Morgan fingerprint density at radius 3 is 2.84 bits per heavy atom. The number of methoxy groups -OCH3 is 1. The van der Waals surface area contributed by atoms with Gasteiger partial charge in [-0.3, -0.25) is 4.79 Å². The average Bonchev–Trinajstić information content (AvgIpc) is 2.87. The number of hydrogen-bond acceptors (Lipinski definition) is 3. The van der Waals surface area contributed by atoms with Gasteiger partial charge in [-0.05, 0) is 30.5 Å². The van der Waals surface area contributed by atoms with Gasteiger partial charge in [0, 0.05) is 18.2 Å². The molecule has 1 aliphatic rings. The van der Waals surface area contributed by atoms with Crippen LogP contribution in [0.4, 0.5) is 4.39 Å². The number of carboxylic acid groups (broad SMARTS) is 1. The fraction of sp³-hybridized carbons (Fsp3) is 0.500. The minimum Gasteiger partial charge on any atom is -0.496 e. The van der Waals surface area contributed by atoms with E-state index in [0.29, 0.717) is 30.7 Å². The quantitative estimate of drug-likeness (QED) is 0.877. The van der Waals surface area contributed by atoms with E-state index in [1.807, 2.05) is 6.92 Å². The van der Waals surface area contributed by atoms with Crippen molar-refractivity contribution in [3.8, 4) is 5.75 Å². The Morgan fingerprint density at radius 2 is 2.32 bits per heavy atom. The molecule has 0 amide bonds. The van der Waals surface area contributed by atoms with E-state index in [9.17, 15) is 9.18 Å². The SMILES string of the molecule is CCc1c(F)cc(C2CC(C(=O)O)CN2)cc1OC. The molecular formula is C14H18FNO3. The minimum absolute atomic E-state index is 0.129. The fourth-order valence-corrected chi connectivity index (χ4v) is 2.54. The first-order valence-corrected chi connectivity index (χ1v) is 6.39. The van der Waals surface area contributed by atoms with Crippen molar-refractivity contribution in [3.05, 3.63) is 29.1 Å². The number of carbonyl (C=O) groups is 1. The van der Waals surface area contributed by atoms with Crippen molar-refractivity contribution in [3.63, 3.8) is 0 Å². The molecule has 0 radical (unpaired) electrons. The second kappa shape index (κ2) is 5.57. The number of carboxylic acids is 1. The lowest BCUT2D eigenvalue weighted by atomic mass is 9.98. The molecule has 4 nitrogen and oxygen atoms in total. The standard InChI is InChI=1S/C14H18FNO3/c1-3-10-11(15)4-8(6-13(10)19-2)12-5-9(7-16-12)14(17)18/h4,6,9,12,16H,3,5,7H2,1-2H3,(H,17,18). The molecule has 2 rings (SSSR count). The topological polar surface area (TPSA) is 58.6 Å².